The number of carboxylic acid groups (broad SMARTS) is 1. The highest BCUT2D eigenvalue weighted by atomic mass is 32.2. The number of nitrogens with one attached hydrogen (secondary N) is 3. The molecule has 4 aromatic rings. The first-order valence-electron chi connectivity index (χ1n) is 13.3. The molecular formula is C27H21N9O8S2. The molecule has 3 amide bonds. The van der Waals surface area contributed by atoms with Crippen LogP contribution in [-0.4, -0.2) is 96.1 Å². The average molecular weight is 664 g/mol. The molecule has 3 atom stereocenters. The van der Waals surface area contributed by atoms with Gasteiger partial charge >= 0.3 is 5.97 Å². The number of aromatic hydroxyl groups is 2. The Labute approximate surface area is 266 Å². The van der Waals surface area contributed by atoms with Crippen LogP contribution in [0.4, 0.5) is 0 Å². The number of nitrogens with zero attached hydrogens (tertiary/aromatic N) is 6. The number of benzene rings is 1. The molecule has 5 heterocycles. The van der Waals surface area contributed by atoms with Gasteiger partial charge in [-0.2, -0.15) is 0 Å². The number of β-lactam (4-membered cyclic amide) rings is 1. The number of aryl methyl sites for hydroxylation is 1. The monoisotopic (exact) mass is 663 g/mol. The Morgan fingerprint density at radius 3 is 2.65 bits per heavy atom. The number of tetrazole rings is 1. The van der Waals surface area contributed by atoms with Crippen molar-refractivity contribution in [2.45, 2.75) is 17.5 Å². The number of H-pyrrole nitrogens is 1. The van der Waals surface area contributed by atoms with Gasteiger partial charge in [-0.05, 0) is 40.3 Å². The fraction of sp³-hybridized carbons (Fsp3) is 0.185. The van der Waals surface area contributed by atoms with Gasteiger partial charge in [-0.25, -0.2) is 9.48 Å². The topological polar surface area (TPSA) is 246 Å². The van der Waals surface area contributed by atoms with Crippen molar-refractivity contribution in [3.8, 4) is 11.5 Å². The second kappa shape index (κ2) is 11.7. The summed E-state index contributed by atoms with van der Waals surface area (Å²) < 4.78 is 1.27. The van der Waals surface area contributed by atoms with Crippen molar-refractivity contribution in [3.63, 3.8) is 0 Å². The van der Waals surface area contributed by atoms with Crippen LogP contribution in [0.25, 0.3) is 11.0 Å². The molecule has 0 bridgehead atoms. The second-order valence-electron chi connectivity index (χ2n) is 10.1. The highest BCUT2D eigenvalue weighted by Crippen LogP contribution is 2.41. The van der Waals surface area contributed by atoms with Crippen molar-refractivity contribution < 1.29 is 34.5 Å². The van der Waals surface area contributed by atoms with Crippen LogP contribution in [0, 0.1) is 0 Å². The third kappa shape index (κ3) is 5.09. The second-order valence-corrected chi connectivity index (χ2v) is 11.6. The summed E-state index contributed by atoms with van der Waals surface area (Å²) in [6.45, 7) is 0. The summed E-state index contributed by atoms with van der Waals surface area (Å²) in [5, 5.41) is 45.1. The summed E-state index contributed by atoms with van der Waals surface area (Å²) in [5.41, 5.74) is -0.909. The van der Waals surface area contributed by atoms with Crippen molar-refractivity contribution in [1.82, 2.24) is 45.7 Å². The van der Waals surface area contributed by atoms with Gasteiger partial charge in [0.2, 0.25) is 11.3 Å². The van der Waals surface area contributed by atoms with E-state index < -0.39 is 58.1 Å². The highest BCUT2D eigenvalue weighted by Gasteiger charge is 2.55. The number of thioether (sulfide) groups is 1. The Balaban J connectivity index is 1.28. The molecule has 6 N–H and O–H groups in total. The SMILES string of the molecule is Cn1nnnc1C(=S)C1=C(C(=O)O)N2C(=O)C(NC(=O)C(NC(=O)c3c[nH]c4cccnc4c3=O)c3ccc(O)c(O)c3)[C@@H]2SC1. The molecule has 2 unspecified atom stereocenters. The quantitative estimate of drug-likeness (QED) is 0.0602. The van der Waals surface area contributed by atoms with Crippen LogP contribution in [-0.2, 0) is 21.4 Å². The molecule has 17 nitrogen and oxygen atoms in total. The lowest BCUT2D eigenvalue weighted by molar-refractivity contribution is -0.150. The van der Waals surface area contributed by atoms with Gasteiger partial charge in [0.1, 0.15) is 34.2 Å². The number of fused-ring (bicyclic) bond motifs is 2. The lowest BCUT2D eigenvalue weighted by Crippen LogP contribution is -2.71. The number of thiocarbonyl (C=S) groups is 1. The minimum absolute atomic E-state index is 0.00691. The fourth-order valence-corrected chi connectivity index (χ4v) is 6.82. The summed E-state index contributed by atoms with van der Waals surface area (Å²) in [6, 6.07) is 3.80. The van der Waals surface area contributed by atoms with E-state index in [1.54, 1.807) is 12.1 Å². The van der Waals surface area contributed by atoms with Gasteiger partial charge in [0.15, 0.2) is 17.3 Å². The Morgan fingerprint density at radius 2 is 1.96 bits per heavy atom. The Hall–Kier alpha value is -5.69. The van der Waals surface area contributed by atoms with E-state index in [0.29, 0.717) is 5.52 Å². The van der Waals surface area contributed by atoms with Crippen molar-refractivity contribution in [2.24, 2.45) is 7.05 Å². The number of hydrogen-bond acceptors (Lipinski definition) is 13. The predicted octanol–water partition coefficient (Wildman–Crippen LogP) is -0.514. The largest absolute Gasteiger partial charge is 0.504 e. The van der Waals surface area contributed by atoms with Crippen molar-refractivity contribution >= 4 is 63.6 Å². The standard InChI is InChI=1S/C27H21N9O8S2/c1-35-22(32-33-34-35)21(45)12-9-46-26-18(25(42)36(26)19(12)27(43)44)31-24(41)16(10-4-5-14(37)15(38)7-10)30-23(40)11-8-29-13-3-2-6-28-17(13)20(11)39/h2-8,16,18,26,37-38H,9H2,1H3,(H,29,39)(H,30,40)(H,31,41)(H,43,44)/t16?,18?,26-/m0/s1. The first kappa shape index (κ1) is 30.3. The number of rotatable bonds is 8. The fourth-order valence-electron chi connectivity index (χ4n) is 5.03. The molecule has 0 radical (unpaired) electrons. The molecule has 46 heavy (non-hydrogen) atoms. The van der Waals surface area contributed by atoms with Crippen LogP contribution in [0.1, 0.15) is 27.8 Å². The van der Waals surface area contributed by atoms with E-state index in [1.165, 1.54) is 24.0 Å². The maximum Gasteiger partial charge on any atom is 0.353 e. The molecule has 2 aliphatic rings. The van der Waals surface area contributed by atoms with Gasteiger partial charge in [0, 0.05) is 30.8 Å². The number of pyridine rings is 2. The van der Waals surface area contributed by atoms with E-state index >= 15 is 0 Å². The molecule has 19 heteroatoms. The van der Waals surface area contributed by atoms with Gasteiger partial charge in [-0.3, -0.25) is 29.1 Å². The van der Waals surface area contributed by atoms with Crippen molar-refractivity contribution in [2.75, 3.05) is 5.75 Å². The number of carbonyl (C=O) groups excluding carboxylic acids is 3. The van der Waals surface area contributed by atoms with E-state index in [4.69, 9.17) is 12.2 Å². The van der Waals surface area contributed by atoms with Gasteiger partial charge in [-0.1, -0.05) is 18.3 Å². The summed E-state index contributed by atoms with van der Waals surface area (Å²) in [6.07, 6.45) is 2.54. The third-order valence-electron chi connectivity index (χ3n) is 7.32. The molecule has 0 spiro atoms. The maximum atomic E-state index is 13.7. The number of amides is 3. The average Bonchev–Trinajstić information content (AvgIpc) is 3.48. The van der Waals surface area contributed by atoms with Crippen LogP contribution < -0.4 is 16.1 Å². The predicted molar refractivity (Wildman–Crippen MR) is 163 cm³/mol. The van der Waals surface area contributed by atoms with E-state index in [-0.39, 0.29) is 44.4 Å². The number of carboxylic acids is 1. The van der Waals surface area contributed by atoms with Crippen LogP contribution in [0.3, 0.4) is 0 Å². The summed E-state index contributed by atoms with van der Waals surface area (Å²) in [4.78, 5) is 73.5. The Kier molecular flexibility index (Phi) is 7.70. The van der Waals surface area contributed by atoms with Crippen molar-refractivity contribution in [3.05, 3.63) is 81.2 Å². The van der Waals surface area contributed by atoms with Crippen LogP contribution in [0.5, 0.6) is 11.5 Å². The lowest BCUT2D eigenvalue weighted by atomic mass is 9.99. The lowest BCUT2D eigenvalue weighted by Gasteiger charge is -2.49. The van der Waals surface area contributed by atoms with E-state index in [0.717, 1.165) is 35.0 Å². The molecule has 1 fully saturated rings. The Bertz CT molecular complexity index is 2080. The number of aromatic nitrogens is 6. The molecule has 1 aromatic carbocycles. The third-order valence-corrected chi connectivity index (χ3v) is 9.03. The summed E-state index contributed by atoms with van der Waals surface area (Å²) in [5.74, 6) is -4.96. The molecule has 6 rings (SSSR count). The van der Waals surface area contributed by atoms with Gasteiger partial charge in [-0.15, -0.1) is 16.9 Å². The first-order chi connectivity index (χ1) is 22.0. The smallest absolute Gasteiger partial charge is 0.353 e. The van der Waals surface area contributed by atoms with E-state index in [1.807, 2.05) is 0 Å². The number of phenolic OH excluding ortho intramolecular Hbond substituents is 2. The zero-order valence-corrected chi connectivity index (χ0v) is 25.0. The van der Waals surface area contributed by atoms with Gasteiger partial charge in [0.25, 0.3) is 11.8 Å². The van der Waals surface area contributed by atoms with Crippen LogP contribution >= 0.6 is 24.0 Å². The summed E-state index contributed by atoms with van der Waals surface area (Å²) in [7, 11) is 1.53. The first-order valence-corrected chi connectivity index (χ1v) is 14.7. The zero-order valence-electron chi connectivity index (χ0n) is 23.4. The molecule has 234 valence electrons. The van der Waals surface area contributed by atoms with Crippen LogP contribution in [0.15, 0.2) is 58.8 Å². The number of aliphatic carboxylic acids is 1. The molecule has 0 saturated carbocycles. The molecular weight excluding hydrogens is 642 g/mol. The zero-order chi connectivity index (χ0) is 32.9. The molecule has 3 aromatic heterocycles. The number of hydrogen-bond donors (Lipinski definition) is 6. The number of aromatic amines is 1. The van der Waals surface area contributed by atoms with Gasteiger partial charge < -0.3 is 30.9 Å². The molecule has 1 saturated heterocycles. The van der Waals surface area contributed by atoms with E-state index in [9.17, 15) is 39.3 Å². The maximum absolute atomic E-state index is 13.7. The van der Waals surface area contributed by atoms with Crippen molar-refractivity contribution in [1.29, 1.82) is 0 Å². The molecule has 0 aliphatic carbocycles. The minimum atomic E-state index is -1.57. The normalized spacial score (nSPS) is 18.0. The van der Waals surface area contributed by atoms with Crippen LogP contribution in [0.2, 0.25) is 0 Å². The van der Waals surface area contributed by atoms with Gasteiger partial charge in [0.05, 0.1) is 10.4 Å². The Morgan fingerprint density at radius 1 is 1.17 bits per heavy atom. The number of carbonyl (C=O) groups is 4. The summed E-state index contributed by atoms with van der Waals surface area (Å²) >= 11 is 6.59. The molecule has 2 aliphatic heterocycles. The number of phenols is 2. The minimum Gasteiger partial charge on any atom is -0.504 e. The highest BCUT2D eigenvalue weighted by molar-refractivity contribution is 8.00. The van der Waals surface area contributed by atoms with E-state index in [2.05, 4.69) is 36.1 Å².